The largest absolute Gasteiger partial charge is 0.384 e. The number of hydrogen-bond donors (Lipinski definition) is 2. The highest BCUT2D eigenvalue weighted by atomic mass is 32.1. The molecule has 2 unspecified atom stereocenters. The third-order valence-corrected chi connectivity index (χ3v) is 4.27. The fourth-order valence-electron chi connectivity index (χ4n) is 2.02. The summed E-state index contributed by atoms with van der Waals surface area (Å²) < 4.78 is 13.6. The lowest BCUT2D eigenvalue weighted by molar-refractivity contribution is 0.0548. The fourth-order valence-corrected chi connectivity index (χ4v) is 2.80. The molecule has 2 N–H and O–H groups in total. The van der Waals surface area contributed by atoms with E-state index in [0.29, 0.717) is 12.1 Å². The lowest BCUT2D eigenvalue weighted by atomic mass is 9.98. The van der Waals surface area contributed by atoms with E-state index in [4.69, 9.17) is 0 Å². The predicted octanol–water partition coefficient (Wildman–Crippen LogP) is 3.75. The van der Waals surface area contributed by atoms with E-state index in [1.165, 1.54) is 0 Å². The van der Waals surface area contributed by atoms with Gasteiger partial charge in [0.1, 0.15) is 11.4 Å². The number of aliphatic hydroxyl groups is 1. The van der Waals surface area contributed by atoms with E-state index in [-0.39, 0.29) is 11.9 Å². The van der Waals surface area contributed by atoms with Crippen molar-refractivity contribution in [1.82, 2.24) is 5.32 Å². The maximum Gasteiger partial charge on any atom is 0.126 e. The average molecular weight is 293 g/mol. The lowest BCUT2D eigenvalue weighted by Gasteiger charge is -2.25. The molecule has 1 aromatic carbocycles. The van der Waals surface area contributed by atoms with E-state index < -0.39 is 5.60 Å². The van der Waals surface area contributed by atoms with Crippen molar-refractivity contribution in [2.75, 3.05) is 6.54 Å². The maximum absolute atomic E-state index is 13.6. The van der Waals surface area contributed by atoms with Gasteiger partial charge in [-0.05, 0) is 60.4 Å². The van der Waals surface area contributed by atoms with E-state index in [9.17, 15) is 9.50 Å². The highest BCUT2D eigenvalue weighted by Gasteiger charge is 2.24. The Morgan fingerprint density at radius 3 is 2.75 bits per heavy atom. The molecule has 1 aromatic heterocycles. The highest BCUT2D eigenvalue weighted by Crippen LogP contribution is 2.24. The molecule has 2 rings (SSSR count). The van der Waals surface area contributed by atoms with Crippen LogP contribution >= 0.6 is 11.3 Å². The van der Waals surface area contributed by atoms with Gasteiger partial charge in [0.2, 0.25) is 0 Å². The molecule has 0 bridgehead atoms. The van der Waals surface area contributed by atoms with E-state index >= 15 is 0 Å². The Morgan fingerprint density at radius 1 is 1.40 bits per heavy atom. The van der Waals surface area contributed by atoms with E-state index in [0.717, 1.165) is 11.1 Å². The molecule has 2 aromatic rings. The normalized spacial score (nSPS) is 15.8. The highest BCUT2D eigenvalue weighted by molar-refractivity contribution is 7.08. The summed E-state index contributed by atoms with van der Waals surface area (Å²) in [4.78, 5) is 0. The Morgan fingerprint density at radius 2 is 2.15 bits per heavy atom. The number of thiophene rings is 1. The van der Waals surface area contributed by atoms with Crippen LogP contribution in [0, 0.1) is 12.7 Å². The van der Waals surface area contributed by atoms with Crippen LogP contribution in [0.4, 0.5) is 4.39 Å². The average Bonchev–Trinajstić information content (AvgIpc) is 2.94. The zero-order chi connectivity index (χ0) is 14.8. The van der Waals surface area contributed by atoms with Crippen LogP contribution in [0.3, 0.4) is 0 Å². The minimum Gasteiger partial charge on any atom is -0.384 e. The molecule has 2 nitrogen and oxygen atoms in total. The molecular weight excluding hydrogens is 273 g/mol. The Hall–Kier alpha value is -1.23. The second-order valence-electron chi connectivity index (χ2n) is 5.40. The van der Waals surface area contributed by atoms with Gasteiger partial charge in [0.15, 0.2) is 0 Å². The van der Waals surface area contributed by atoms with Gasteiger partial charge < -0.3 is 10.4 Å². The van der Waals surface area contributed by atoms with Gasteiger partial charge in [0, 0.05) is 12.6 Å². The Labute approximate surface area is 123 Å². The van der Waals surface area contributed by atoms with Crippen LogP contribution in [0.2, 0.25) is 0 Å². The molecule has 0 amide bonds. The summed E-state index contributed by atoms with van der Waals surface area (Å²) in [5, 5.41) is 17.6. The molecule has 0 fully saturated rings. The molecule has 0 aliphatic rings. The summed E-state index contributed by atoms with van der Waals surface area (Å²) in [5.74, 6) is -0.194. The zero-order valence-corrected chi connectivity index (χ0v) is 12.8. The maximum atomic E-state index is 13.6. The molecule has 0 aliphatic carbocycles. The summed E-state index contributed by atoms with van der Waals surface area (Å²) in [6.07, 6.45) is 0. The summed E-state index contributed by atoms with van der Waals surface area (Å²) >= 11 is 1.56. The minimum atomic E-state index is -0.919. The van der Waals surface area contributed by atoms with Crippen LogP contribution in [0.25, 0.3) is 0 Å². The summed E-state index contributed by atoms with van der Waals surface area (Å²) in [6, 6.07) is 7.14. The second-order valence-corrected chi connectivity index (χ2v) is 6.18. The number of benzene rings is 1. The van der Waals surface area contributed by atoms with Crippen molar-refractivity contribution in [3.8, 4) is 0 Å². The minimum absolute atomic E-state index is 0.0183. The topological polar surface area (TPSA) is 32.3 Å². The first kappa shape index (κ1) is 15.2. The van der Waals surface area contributed by atoms with Crippen molar-refractivity contribution in [1.29, 1.82) is 0 Å². The smallest absolute Gasteiger partial charge is 0.126 e. The van der Waals surface area contributed by atoms with Gasteiger partial charge in [0.25, 0.3) is 0 Å². The quantitative estimate of drug-likeness (QED) is 0.880. The van der Waals surface area contributed by atoms with E-state index in [1.807, 2.05) is 29.8 Å². The van der Waals surface area contributed by atoms with E-state index in [2.05, 4.69) is 5.32 Å². The van der Waals surface area contributed by atoms with Crippen molar-refractivity contribution in [3.63, 3.8) is 0 Å². The fraction of sp³-hybridized carbons (Fsp3) is 0.375. The van der Waals surface area contributed by atoms with Crippen LogP contribution in [0.1, 0.15) is 36.6 Å². The molecule has 20 heavy (non-hydrogen) atoms. The van der Waals surface area contributed by atoms with Gasteiger partial charge in [-0.15, -0.1) is 0 Å². The standard InChI is InChI=1S/C16H20FNOS/c1-11-4-5-13(8-15(11)17)12(2)18-10-16(3,19)14-6-7-20-9-14/h4-9,12,18-19H,10H2,1-3H3. The Kier molecular flexibility index (Phi) is 4.58. The molecule has 1 heterocycles. The van der Waals surface area contributed by atoms with E-state index in [1.54, 1.807) is 37.3 Å². The molecule has 0 saturated carbocycles. The predicted molar refractivity (Wildman–Crippen MR) is 81.4 cm³/mol. The lowest BCUT2D eigenvalue weighted by Crippen LogP contribution is -2.36. The van der Waals surface area contributed by atoms with Crippen LogP contribution in [0.15, 0.2) is 35.0 Å². The number of halogens is 1. The Balaban J connectivity index is 2.01. The molecule has 0 radical (unpaired) electrons. The van der Waals surface area contributed by atoms with Gasteiger partial charge in [0.05, 0.1) is 0 Å². The first-order valence-electron chi connectivity index (χ1n) is 6.64. The third kappa shape index (κ3) is 3.45. The molecule has 2 atom stereocenters. The molecule has 0 saturated heterocycles. The SMILES string of the molecule is Cc1ccc(C(C)NCC(C)(O)c2ccsc2)cc1F. The number of nitrogens with one attached hydrogen (secondary N) is 1. The molecule has 4 heteroatoms. The van der Waals surface area contributed by atoms with Crippen molar-refractivity contribution >= 4 is 11.3 Å². The van der Waals surface area contributed by atoms with Crippen LogP contribution in [-0.4, -0.2) is 11.7 Å². The van der Waals surface area contributed by atoms with Crippen molar-refractivity contribution in [2.45, 2.75) is 32.4 Å². The molecule has 108 valence electrons. The zero-order valence-electron chi connectivity index (χ0n) is 12.0. The van der Waals surface area contributed by atoms with Gasteiger partial charge in [-0.3, -0.25) is 0 Å². The molecule has 0 spiro atoms. The summed E-state index contributed by atoms with van der Waals surface area (Å²) in [7, 11) is 0. The van der Waals surface area contributed by atoms with Crippen molar-refractivity contribution in [3.05, 3.63) is 57.5 Å². The van der Waals surface area contributed by atoms with Crippen molar-refractivity contribution in [2.24, 2.45) is 0 Å². The first-order chi connectivity index (χ1) is 9.40. The molecular formula is C16H20FNOS. The summed E-state index contributed by atoms with van der Waals surface area (Å²) in [5.41, 5.74) is 1.51. The summed E-state index contributed by atoms with van der Waals surface area (Å²) in [6.45, 7) is 5.91. The Bertz CT molecular complexity index is 566. The van der Waals surface area contributed by atoms with Gasteiger partial charge in [-0.2, -0.15) is 11.3 Å². The van der Waals surface area contributed by atoms with Crippen LogP contribution in [-0.2, 0) is 5.60 Å². The van der Waals surface area contributed by atoms with Gasteiger partial charge >= 0.3 is 0 Å². The number of hydrogen-bond acceptors (Lipinski definition) is 3. The first-order valence-corrected chi connectivity index (χ1v) is 7.59. The number of aryl methyl sites for hydroxylation is 1. The van der Waals surface area contributed by atoms with Gasteiger partial charge in [-0.25, -0.2) is 4.39 Å². The van der Waals surface area contributed by atoms with Crippen LogP contribution < -0.4 is 5.32 Å². The molecule has 0 aliphatic heterocycles. The van der Waals surface area contributed by atoms with Gasteiger partial charge in [-0.1, -0.05) is 12.1 Å². The van der Waals surface area contributed by atoms with Crippen LogP contribution in [0.5, 0.6) is 0 Å². The van der Waals surface area contributed by atoms with Crippen molar-refractivity contribution < 1.29 is 9.50 Å². The third-order valence-electron chi connectivity index (χ3n) is 3.59. The second kappa shape index (κ2) is 6.04. The monoisotopic (exact) mass is 293 g/mol. The number of rotatable bonds is 5.